The molecule has 2 N–H and O–H groups in total. The molecule has 10 nitrogen and oxygen atoms in total. The number of carbonyl (C=O) groups excluding carboxylic acids is 3. The molecule has 0 saturated carbocycles. The number of ether oxygens (including phenoxy) is 1. The Kier molecular flexibility index (Phi) is 6.62. The second-order valence-electron chi connectivity index (χ2n) is 8.95. The predicted octanol–water partition coefficient (Wildman–Crippen LogP) is -0.545. The largest absolute Gasteiger partial charge is 0.481 e. The van der Waals surface area contributed by atoms with Crippen LogP contribution < -0.4 is 10.1 Å². The van der Waals surface area contributed by atoms with E-state index in [1.807, 2.05) is 24.3 Å². The minimum atomic E-state index is -3.43. The van der Waals surface area contributed by atoms with Crippen LogP contribution in [0, 0.1) is 0 Å². The fraction of sp³-hybridized carbons (Fsp3) is 0.591. The second-order valence-corrected chi connectivity index (χ2v) is 11.2. The maximum atomic E-state index is 13.0. The number of para-hydroxylation sites is 1. The minimum absolute atomic E-state index is 0.0430. The summed E-state index contributed by atoms with van der Waals surface area (Å²) in [6.45, 7) is 0.455. The van der Waals surface area contributed by atoms with Crippen molar-refractivity contribution in [3.05, 3.63) is 29.8 Å². The Bertz CT molecular complexity index is 1040. The van der Waals surface area contributed by atoms with Crippen LogP contribution in [0.1, 0.15) is 31.2 Å². The Morgan fingerprint density at radius 3 is 2.58 bits per heavy atom. The average Bonchev–Trinajstić information content (AvgIpc) is 2.94. The molecule has 0 radical (unpaired) electrons. The molecular formula is C22H29N3O7S. The molecule has 3 aliphatic heterocycles. The number of aliphatic hydroxyl groups excluding tert-OH is 1. The SMILES string of the molecule is O=C(CO)NCCC(=O)N1Cc2ccccc2OC2(C1)CN(C(=O)C1CCCCS1(=O)=O)C2. The lowest BCUT2D eigenvalue weighted by Gasteiger charge is -2.51. The van der Waals surface area contributed by atoms with Gasteiger partial charge in [-0.05, 0) is 18.9 Å². The van der Waals surface area contributed by atoms with Crippen molar-refractivity contribution in [2.24, 2.45) is 0 Å². The van der Waals surface area contributed by atoms with E-state index in [4.69, 9.17) is 9.84 Å². The minimum Gasteiger partial charge on any atom is -0.481 e. The number of nitrogens with one attached hydrogen (secondary N) is 1. The molecule has 4 rings (SSSR count). The molecule has 0 aliphatic carbocycles. The average molecular weight is 480 g/mol. The maximum absolute atomic E-state index is 13.0. The summed E-state index contributed by atoms with van der Waals surface area (Å²) in [5.74, 6) is -0.437. The molecule has 0 bridgehead atoms. The summed E-state index contributed by atoms with van der Waals surface area (Å²) in [5, 5.41) is 10.3. The van der Waals surface area contributed by atoms with Gasteiger partial charge in [0, 0.05) is 25.1 Å². The van der Waals surface area contributed by atoms with Gasteiger partial charge in [0.05, 0.1) is 25.4 Å². The lowest BCUT2D eigenvalue weighted by Crippen LogP contribution is -2.71. The van der Waals surface area contributed by atoms with E-state index in [1.54, 1.807) is 4.90 Å². The van der Waals surface area contributed by atoms with Crippen LogP contribution in [-0.4, -0.2) is 90.4 Å². The molecule has 1 aromatic carbocycles. The highest BCUT2D eigenvalue weighted by atomic mass is 32.2. The Morgan fingerprint density at radius 2 is 1.85 bits per heavy atom. The van der Waals surface area contributed by atoms with Crippen molar-refractivity contribution >= 4 is 27.6 Å². The van der Waals surface area contributed by atoms with Gasteiger partial charge in [0.25, 0.3) is 0 Å². The third-order valence-electron chi connectivity index (χ3n) is 6.42. The molecule has 1 atom stereocenters. The van der Waals surface area contributed by atoms with Crippen LogP contribution in [0.15, 0.2) is 24.3 Å². The molecule has 1 spiro atoms. The Hall–Kier alpha value is -2.66. The van der Waals surface area contributed by atoms with Gasteiger partial charge in [0.15, 0.2) is 15.4 Å². The molecule has 3 heterocycles. The number of amides is 3. The van der Waals surface area contributed by atoms with E-state index in [-0.39, 0.29) is 50.2 Å². The number of rotatable bonds is 5. The molecule has 1 aromatic rings. The van der Waals surface area contributed by atoms with Gasteiger partial charge in [0.1, 0.15) is 17.6 Å². The van der Waals surface area contributed by atoms with Gasteiger partial charge in [0.2, 0.25) is 17.7 Å². The summed E-state index contributed by atoms with van der Waals surface area (Å²) in [6.07, 6.45) is 1.71. The molecule has 11 heteroatoms. The second kappa shape index (κ2) is 9.30. The number of hydrogen-bond donors (Lipinski definition) is 2. The molecule has 1 unspecified atom stereocenters. The number of likely N-dealkylation sites (tertiary alicyclic amines) is 1. The van der Waals surface area contributed by atoms with Crippen molar-refractivity contribution in [2.75, 3.05) is 38.5 Å². The standard InChI is InChI=1S/C22H29N3O7S/c26-12-19(27)23-9-8-20(28)24-11-16-5-1-2-6-17(16)32-22(13-24)14-25(15-22)21(29)18-7-3-4-10-33(18,30)31/h1-2,5-6,18,26H,3-4,7-15H2,(H,23,27). The fourth-order valence-corrected chi connectivity index (χ4v) is 6.59. The first-order valence-corrected chi connectivity index (χ1v) is 12.9. The number of carbonyl (C=O) groups is 3. The topological polar surface area (TPSA) is 133 Å². The van der Waals surface area contributed by atoms with E-state index >= 15 is 0 Å². The van der Waals surface area contributed by atoms with Gasteiger partial charge in [-0.3, -0.25) is 14.4 Å². The number of benzene rings is 1. The summed E-state index contributed by atoms with van der Waals surface area (Å²) >= 11 is 0. The van der Waals surface area contributed by atoms with E-state index in [0.29, 0.717) is 31.6 Å². The zero-order valence-electron chi connectivity index (χ0n) is 18.4. The molecule has 3 amide bonds. The van der Waals surface area contributed by atoms with E-state index in [9.17, 15) is 22.8 Å². The van der Waals surface area contributed by atoms with E-state index < -0.39 is 33.2 Å². The van der Waals surface area contributed by atoms with Gasteiger partial charge >= 0.3 is 0 Å². The van der Waals surface area contributed by atoms with Gasteiger partial charge in [-0.2, -0.15) is 0 Å². The summed E-state index contributed by atoms with van der Waals surface area (Å²) in [7, 11) is -3.43. The van der Waals surface area contributed by atoms with E-state index in [2.05, 4.69) is 5.32 Å². The highest BCUT2D eigenvalue weighted by Gasteiger charge is 2.53. The predicted molar refractivity (Wildman–Crippen MR) is 118 cm³/mol. The van der Waals surface area contributed by atoms with Crippen LogP contribution in [0.3, 0.4) is 0 Å². The molecular weight excluding hydrogens is 450 g/mol. The molecule has 0 aromatic heterocycles. The number of sulfone groups is 1. The molecule has 2 saturated heterocycles. The quantitative estimate of drug-likeness (QED) is 0.579. The Morgan fingerprint density at radius 1 is 1.12 bits per heavy atom. The van der Waals surface area contributed by atoms with Crippen LogP contribution in [0.25, 0.3) is 0 Å². The Labute approximate surface area is 192 Å². The van der Waals surface area contributed by atoms with E-state index in [1.165, 1.54) is 4.90 Å². The summed E-state index contributed by atoms with van der Waals surface area (Å²) < 4.78 is 31.1. The van der Waals surface area contributed by atoms with Crippen LogP contribution in [-0.2, 0) is 30.8 Å². The summed E-state index contributed by atoms with van der Waals surface area (Å²) in [5.41, 5.74) is 0.0202. The van der Waals surface area contributed by atoms with Gasteiger partial charge in [-0.25, -0.2) is 8.42 Å². The first-order chi connectivity index (χ1) is 15.7. The van der Waals surface area contributed by atoms with Crippen molar-refractivity contribution in [1.29, 1.82) is 0 Å². The molecule has 33 heavy (non-hydrogen) atoms. The van der Waals surface area contributed by atoms with Gasteiger partial charge in [-0.15, -0.1) is 0 Å². The summed E-state index contributed by atoms with van der Waals surface area (Å²) in [4.78, 5) is 40.3. The van der Waals surface area contributed by atoms with Crippen molar-refractivity contribution in [3.8, 4) is 5.75 Å². The molecule has 2 fully saturated rings. The van der Waals surface area contributed by atoms with Crippen LogP contribution in [0.4, 0.5) is 0 Å². The smallest absolute Gasteiger partial charge is 0.245 e. The zero-order chi connectivity index (χ0) is 23.6. The number of fused-ring (bicyclic) bond motifs is 1. The first kappa shape index (κ1) is 23.5. The Balaban J connectivity index is 1.47. The van der Waals surface area contributed by atoms with Gasteiger partial charge in [-0.1, -0.05) is 24.6 Å². The maximum Gasteiger partial charge on any atom is 0.245 e. The van der Waals surface area contributed by atoms with Crippen molar-refractivity contribution < 1.29 is 32.6 Å². The fourth-order valence-electron chi connectivity index (χ4n) is 4.71. The molecule has 180 valence electrons. The highest BCUT2D eigenvalue weighted by Crippen LogP contribution is 2.36. The zero-order valence-corrected chi connectivity index (χ0v) is 19.2. The first-order valence-electron chi connectivity index (χ1n) is 11.2. The van der Waals surface area contributed by atoms with Crippen molar-refractivity contribution in [2.45, 2.75) is 43.1 Å². The number of aliphatic hydroxyl groups is 1. The van der Waals surface area contributed by atoms with Gasteiger partial charge < -0.3 is 25.0 Å². The number of nitrogens with zero attached hydrogens (tertiary/aromatic N) is 2. The molecule has 3 aliphatic rings. The lowest BCUT2D eigenvalue weighted by molar-refractivity contribution is -0.155. The number of hydrogen-bond acceptors (Lipinski definition) is 7. The highest BCUT2D eigenvalue weighted by molar-refractivity contribution is 7.92. The van der Waals surface area contributed by atoms with E-state index in [0.717, 1.165) is 5.56 Å². The monoisotopic (exact) mass is 479 g/mol. The third-order valence-corrected chi connectivity index (χ3v) is 8.58. The normalized spacial score (nSPS) is 23.0. The van der Waals surface area contributed by atoms with Crippen molar-refractivity contribution in [3.63, 3.8) is 0 Å². The van der Waals surface area contributed by atoms with Crippen LogP contribution >= 0.6 is 0 Å². The van der Waals surface area contributed by atoms with Crippen molar-refractivity contribution in [1.82, 2.24) is 15.1 Å². The van der Waals surface area contributed by atoms with Crippen LogP contribution in [0.2, 0.25) is 0 Å². The third kappa shape index (κ3) is 4.98. The lowest BCUT2D eigenvalue weighted by atomic mass is 9.92. The summed E-state index contributed by atoms with van der Waals surface area (Å²) in [6, 6.07) is 7.39. The van der Waals surface area contributed by atoms with Crippen LogP contribution in [0.5, 0.6) is 5.75 Å².